The number of nitriles is 1. The van der Waals surface area contributed by atoms with E-state index in [1.165, 1.54) is 0 Å². The average Bonchev–Trinajstić information content (AvgIpc) is 3.69. The van der Waals surface area contributed by atoms with Crippen LogP contribution in [0.15, 0.2) is 180 Å². The molecule has 0 unspecified atom stereocenters. The third-order valence-corrected chi connectivity index (χ3v) is 9.87. The number of benzene rings is 7. The maximum absolute atomic E-state index is 9.70. The minimum absolute atomic E-state index is 0.503. The molecule has 0 aliphatic carbocycles. The number of hydrogen-bond acceptors (Lipinski definition) is 8. The van der Waals surface area contributed by atoms with E-state index >= 15 is 0 Å². The Hall–Kier alpha value is -8.15. The smallest absolute Gasteiger partial charge is 0.167 e. The van der Waals surface area contributed by atoms with Crippen molar-refractivity contribution in [3.63, 3.8) is 0 Å². The number of hydrogen-bond donors (Lipinski definition) is 0. The normalized spacial score (nSPS) is 11.1. The van der Waals surface area contributed by atoms with Crippen LogP contribution in [0.25, 0.3) is 101 Å². The molecular weight excluding hydrogens is 703 g/mol. The van der Waals surface area contributed by atoms with Gasteiger partial charge in [-0.25, -0.2) is 29.9 Å². The van der Waals surface area contributed by atoms with Crippen LogP contribution in [0.3, 0.4) is 0 Å². The van der Waals surface area contributed by atoms with Crippen LogP contribution >= 0.6 is 0 Å². The molecule has 0 saturated carbocycles. The van der Waals surface area contributed by atoms with E-state index in [4.69, 9.17) is 34.3 Å². The van der Waals surface area contributed by atoms with Crippen molar-refractivity contribution >= 4 is 21.9 Å². The number of furan rings is 1. The van der Waals surface area contributed by atoms with Crippen LogP contribution < -0.4 is 0 Å². The Kier molecular flexibility index (Phi) is 8.36. The van der Waals surface area contributed by atoms with E-state index in [9.17, 15) is 5.26 Å². The molecule has 57 heavy (non-hydrogen) atoms. The summed E-state index contributed by atoms with van der Waals surface area (Å²) >= 11 is 0. The second-order valence-electron chi connectivity index (χ2n) is 13.4. The first-order valence-corrected chi connectivity index (χ1v) is 18.4. The lowest BCUT2D eigenvalue weighted by Gasteiger charge is -2.10. The molecule has 3 heterocycles. The molecule has 0 fully saturated rings. The fourth-order valence-corrected chi connectivity index (χ4v) is 7.11. The van der Waals surface area contributed by atoms with Crippen molar-refractivity contribution in [3.8, 4) is 85.5 Å². The summed E-state index contributed by atoms with van der Waals surface area (Å²) in [5.41, 5.74) is 8.75. The van der Waals surface area contributed by atoms with Gasteiger partial charge in [0, 0.05) is 38.6 Å². The quantitative estimate of drug-likeness (QED) is 0.159. The molecule has 0 radical (unpaired) electrons. The van der Waals surface area contributed by atoms with Crippen molar-refractivity contribution in [3.05, 3.63) is 181 Å². The van der Waals surface area contributed by atoms with E-state index in [2.05, 4.69) is 6.07 Å². The third kappa shape index (κ3) is 6.25. The van der Waals surface area contributed by atoms with Crippen molar-refractivity contribution < 1.29 is 4.42 Å². The highest BCUT2D eigenvalue weighted by Gasteiger charge is 2.21. The first kappa shape index (κ1) is 33.4. The maximum Gasteiger partial charge on any atom is 0.167 e. The summed E-state index contributed by atoms with van der Waals surface area (Å²) < 4.78 is 6.70. The second kappa shape index (κ2) is 14.3. The third-order valence-electron chi connectivity index (χ3n) is 9.87. The molecule has 8 nitrogen and oxygen atoms in total. The molecule has 0 amide bonds. The van der Waals surface area contributed by atoms with Crippen molar-refractivity contribution in [1.82, 2.24) is 29.9 Å². The molecule has 0 aliphatic heterocycles. The number of fused-ring (bicyclic) bond motifs is 3. The van der Waals surface area contributed by atoms with E-state index in [1.807, 2.05) is 176 Å². The van der Waals surface area contributed by atoms with Gasteiger partial charge in [-0.1, -0.05) is 158 Å². The Morgan fingerprint density at radius 1 is 0.351 bits per heavy atom. The van der Waals surface area contributed by atoms with E-state index in [0.717, 1.165) is 55.3 Å². The zero-order chi connectivity index (χ0) is 38.1. The number of rotatable bonds is 7. The van der Waals surface area contributed by atoms with Gasteiger partial charge in [0.15, 0.2) is 34.9 Å². The SMILES string of the molecule is N#Cc1ccccc1-c1ccc(-c2nc(-c3ccccc3)nc(-c3cccc4oc5c(-c6nc(-c7ccccc7)nc(-c7ccccc7)n6)cccc5c34)n2)cc1. The van der Waals surface area contributed by atoms with Crippen LogP contribution in [-0.4, -0.2) is 29.9 Å². The molecule has 0 N–H and O–H groups in total. The molecule has 0 atom stereocenters. The lowest BCUT2D eigenvalue weighted by Crippen LogP contribution is -2.00. The summed E-state index contributed by atoms with van der Waals surface area (Å²) in [7, 11) is 0. The summed E-state index contributed by atoms with van der Waals surface area (Å²) in [4.78, 5) is 30.0. The predicted octanol–water partition coefficient (Wildman–Crippen LogP) is 11.5. The van der Waals surface area contributed by atoms with E-state index in [0.29, 0.717) is 51.7 Å². The zero-order valence-electron chi connectivity index (χ0n) is 30.3. The topological polar surface area (TPSA) is 114 Å². The molecule has 7 aromatic carbocycles. The first-order chi connectivity index (χ1) is 28.2. The summed E-state index contributed by atoms with van der Waals surface area (Å²) in [6.07, 6.45) is 0. The van der Waals surface area contributed by atoms with E-state index < -0.39 is 0 Å². The van der Waals surface area contributed by atoms with Gasteiger partial charge in [-0.05, 0) is 29.3 Å². The molecule has 10 aromatic rings. The Balaban J connectivity index is 1.14. The van der Waals surface area contributed by atoms with Crippen molar-refractivity contribution in [1.29, 1.82) is 5.26 Å². The first-order valence-electron chi connectivity index (χ1n) is 18.4. The fourth-order valence-electron chi connectivity index (χ4n) is 7.11. The van der Waals surface area contributed by atoms with Gasteiger partial charge in [0.05, 0.1) is 17.2 Å². The highest BCUT2D eigenvalue weighted by atomic mass is 16.3. The summed E-state index contributed by atoms with van der Waals surface area (Å²) in [6, 6.07) is 59.5. The van der Waals surface area contributed by atoms with Crippen molar-refractivity contribution in [2.75, 3.05) is 0 Å². The molecule has 0 aliphatic rings. The molecule has 0 saturated heterocycles. The lowest BCUT2D eigenvalue weighted by atomic mass is 9.99. The second-order valence-corrected chi connectivity index (χ2v) is 13.4. The molecule has 10 rings (SSSR count). The van der Waals surface area contributed by atoms with Gasteiger partial charge in [-0.2, -0.15) is 5.26 Å². The Bertz CT molecular complexity index is 3060. The highest BCUT2D eigenvalue weighted by molar-refractivity contribution is 6.14. The molecule has 8 heteroatoms. The molecule has 3 aromatic heterocycles. The van der Waals surface area contributed by atoms with E-state index in [-0.39, 0.29) is 0 Å². The lowest BCUT2D eigenvalue weighted by molar-refractivity contribution is 0.669. The maximum atomic E-state index is 9.70. The Morgan fingerprint density at radius 2 is 0.772 bits per heavy atom. The molecule has 266 valence electrons. The van der Waals surface area contributed by atoms with Crippen molar-refractivity contribution in [2.45, 2.75) is 0 Å². The van der Waals surface area contributed by atoms with Crippen LogP contribution in [0.4, 0.5) is 0 Å². The minimum atomic E-state index is 0.503. The Labute approximate surface area is 327 Å². The highest BCUT2D eigenvalue weighted by Crippen LogP contribution is 2.40. The molecule has 0 spiro atoms. The molecule has 0 bridgehead atoms. The monoisotopic (exact) mass is 731 g/mol. The van der Waals surface area contributed by atoms with E-state index in [1.54, 1.807) is 0 Å². The van der Waals surface area contributed by atoms with Crippen LogP contribution in [0.1, 0.15) is 5.56 Å². The predicted molar refractivity (Wildman–Crippen MR) is 223 cm³/mol. The van der Waals surface area contributed by atoms with Gasteiger partial charge < -0.3 is 4.42 Å². The van der Waals surface area contributed by atoms with Crippen LogP contribution in [0.2, 0.25) is 0 Å². The van der Waals surface area contributed by atoms with Gasteiger partial charge in [0.25, 0.3) is 0 Å². The van der Waals surface area contributed by atoms with Gasteiger partial charge in [-0.3, -0.25) is 0 Å². The zero-order valence-corrected chi connectivity index (χ0v) is 30.3. The number of para-hydroxylation sites is 1. The van der Waals surface area contributed by atoms with Gasteiger partial charge in [-0.15, -0.1) is 0 Å². The van der Waals surface area contributed by atoms with Crippen molar-refractivity contribution in [2.24, 2.45) is 0 Å². The molecular formula is C49H29N7O. The van der Waals surface area contributed by atoms with Crippen LogP contribution in [0.5, 0.6) is 0 Å². The summed E-state index contributed by atoms with van der Waals surface area (Å²) in [5, 5.41) is 11.5. The fraction of sp³-hybridized carbons (Fsp3) is 0. The van der Waals surface area contributed by atoms with Crippen LogP contribution in [-0.2, 0) is 0 Å². The largest absolute Gasteiger partial charge is 0.455 e. The minimum Gasteiger partial charge on any atom is -0.455 e. The average molecular weight is 732 g/mol. The number of nitrogens with zero attached hydrogens (tertiary/aromatic N) is 7. The number of aromatic nitrogens is 6. The summed E-state index contributed by atoms with van der Waals surface area (Å²) in [5.74, 6) is 3.23. The summed E-state index contributed by atoms with van der Waals surface area (Å²) in [6.45, 7) is 0. The van der Waals surface area contributed by atoms with Gasteiger partial charge in [0.1, 0.15) is 11.2 Å². The standard InChI is InChI=1S/C49H29N7O/c50-30-36-20-10-11-21-37(36)31-26-28-35(29-27-31)47-52-44(32-14-4-1-5-15-32)53-48(54-47)39-23-13-25-41-42(39)38-22-12-24-40(43(38)57-41)49-55-45(33-16-6-2-7-17-33)51-46(56-49)34-18-8-3-9-19-34/h1-29H. The Morgan fingerprint density at radius 3 is 1.33 bits per heavy atom. The van der Waals surface area contributed by atoms with Gasteiger partial charge >= 0.3 is 0 Å². The van der Waals surface area contributed by atoms with Crippen LogP contribution in [0, 0.1) is 11.3 Å². The van der Waals surface area contributed by atoms with Gasteiger partial charge in [0.2, 0.25) is 0 Å².